The van der Waals surface area contributed by atoms with Gasteiger partial charge in [-0.1, -0.05) is 6.92 Å². The third-order valence-electron chi connectivity index (χ3n) is 3.11. The van der Waals surface area contributed by atoms with Gasteiger partial charge in [0.05, 0.1) is 0 Å². The van der Waals surface area contributed by atoms with Crippen molar-refractivity contribution in [3.05, 3.63) is 0 Å². The summed E-state index contributed by atoms with van der Waals surface area (Å²) in [5, 5.41) is 2.94. The number of alkyl carbamates (subject to hydrolysis) is 1. The maximum Gasteiger partial charge on any atom is 0.407 e. The highest BCUT2D eigenvalue weighted by molar-refractivity contribution is 5.68. The summed E-state index contributed by atoms with van der Waals surface area (Å²) in [4.78, 5) is 11.6. The number of carbonyl (C=O) groups excluding carboxylic acids is 1. The van der Waals surface area contributed by atoms with Crippen LogP contribution in [-0.4, -0.2) is 17.7 Å². The maximum absolute atomic E-state index is 11.6. The standard InChI is InChI=1S/C14H23NO2/c1-6-11-7-8-12(10(2)9-11)15-13(16)17-14(3,4)5/h1,10-12H,7-9H2,2-5H3,(H,15,16). The van der Waals surface area contributed by atoms with Crippen molar-refractivity contribution in [2.75, 3.05) is 0 Å². The third kappa shape index (κ3) is 4.68. The minimum absolute atomic E-state index is 0.189. The minimum atomic E-state index is -0.441. The number of hydrogen-bond donors (Lipinski definition) is 1. The Morgan fingerprint density at radius 1 is 1.41 bits per heavy atom. The van der Waals surface area contributed by atoms with Crippen molar-refractivity contribution in [2.45, 2.75) is 58.6 Å². The molecule has 1 saturated carbocycles. The lowest BCUT2D eigenvalue weighted by atomic mass is 9.79. The Bertz CT molecular complexity index is 311. The van der Waals surface area contributed by atoms with Crippen molar-refractivity contribution in [1.82, 2.24) is 5.32 Å². The zero-order valence-electron chi connectivity index (χ0n) is 11.2. The third-order valence-corrected chi connectivity index (χ3v) is 3.11. The molecule has 1 aliphatic carbocycles. The summed E-state index contributed by atoms with van der Waals surface area (Å²) in [6.07, 6.45) is 8.02. The molecule has 17 heavy (non-hydrogen) atoms. The van der Waals surface area contributed by atoms with Crippen LogP contribution in [0.2, 0.25) is 0 Å². The van der Waals surface area contributed by atoms with E-state index in [-0.39, 0.29) is 12.1 Å². The van der Waals surface area contributed by atoms with Crippen molar-refractivity contribution in [3.63, 3.8) is 0 Å². The summed E-state index contributed by atoms with van der Waals surface area (Å²) in [7, 11) is 0. The average Bonchev–Trinajstić information content (AvgIpc) is 2.18. The fourth-order valence-electron chi connectivity index (χ4n) is 2.22. The number of amides is 1. The van der Waals surface area contributed by atoms with Gasteiger partial charge in [0.25, 0.3) is 0 Å². The fraction of sp³-hybridized carbons (Fsp3) is 0.786. The molecule has 0 aliphatic heterocycles. The van der Waals surface area contributed by atoms with Crippen LogP contribution >= 0.6 is 0 Å². The minimum Gasteiger partial charge on any atom is -0.444 e. The molecule has 0 aromatic carbocycles. The molecule has 3 unspecified atom stereocenters. The van der Waals surface area contributed by atoms with Gasteiger partial charge in [0.15, 0.2) is 0 Å². The van der Waals surface area contributed by atoms with E-state index in [2.05, 4.69) is 18.2 Å². The second-order valence-electron chi connectivity index (χ2n) is 5.91. The molecule has 3 heteroatoms. The first-order valence-corrected chi connectivity index (χ1v) is 6.27. The monoisotopic (exact) mass is 237 g/mol. The Balaban J connectivity index is 2.43. The molecule has 0 bridgehead atoms. The van der Waals surface area contributed by atoms with Gasteiger partial charge in [-0.2, -0.15) is 0 Å². The van der Waals surface area contributed by atoms with E-state index < -0.39 is 5.60 Å². The van der Waals surface area contributed by atoms with Gasteiger partial charge in [-0.15, -0.1) is 12.3 Å². The summed E-state index contributed by atoms with van der Waals surface area (Å²) in [6, 6.07) is 0.189. The molecule has 1 fully saturated rings. The predicted octanol–water partition coefficient (Wildman–Crippen LogP) is 2.95. The molecule has 1 N–H and O–H groups in total. The van der Waals surface area contributed by atoms with Gasteiger partial charge >= 0.3 is 6.09 Å². The molecule has 1 rings (SSSR count). The van der Waals surface area contributed by atoms with Crippen LogP contribution in [0.25, 0.3) is 0 Å². The van der Waals surface area contributed by atoms with Crippen molar-refractivity contribution in [3.8, 4) is 12.3 Å². The van der Waals surface area contributed by atoms with Gasteiger partial charge < -0.3 is 10.1 Å². The maximum atomic E-state index is 11.6. The lowest BCUT2D eigenvalue weighted by Crippen LogP contribution is -2.44. The smallest absolute Gasteiger partial charge is 0.407 e. The van der Waals surface area contributed by atoms with E-state index >= 15 is 0 Å². The van der Waals surface area contributed by atoms with E-state index in [1.54, 1.807) is 0 Å². The number of hydrogen-bond acceptors (Lipinski definition) is 2. The molecular weight excluding hydrogens is 214 g/mol. The molecule has 0 radical (unpaired) electrons. The van der Waals surface area contributed by atoms with E-state index in [9.17, 15) is 4.79 Å². The van der Waals surface area contributed by atoms with Crippen LogP contribution in [-0.2, 0) is 4.74 Å². The Hall–Kier alpha value is -1.17. The van der Waals surface area contributed by atoms with Gasteiger partial charge in [0.2, 0.25) is 0 Å². The van der Waals surface area contributed by atoms with Crippen LogP contribution in [0.3, 0.4) is 0 Å². The fourth-order valence-corrected chi connectivity index (χ4v) is 2.22. The molecular formula is C14H23NO2. The summed E-state index contributed by atoms with van der Waals surface area (Å²) in [5.41, 5.74) is -0.441. The first-order valence-electron chi connectivity index (χ1n) is 6.27. The zero-order valence-corrected chi connectivity index (χ0v) is 11.2. The van der Waals surface area contributed by atoms with Crippen LogP contribution < -0.4 is 5.32 Å². The van der Waals surface area contributed by atoms with Crippen LogP contribution in [0.5, 0.6) is 0 Å². The summed E-state index contributed by atoms with van der Waals surface area (Å²) in [6.45, 7) is 7.73. The summed E-state index contributed by atoms with van der Waals surface area (Å²) < 4.78 is 5.25. The number of rotatable bonds is 1. The van der Waals surface area contributed by atoms with Crippen molar-refractivity contribution in [1.29, 1.82) is 0 Å². The highest BCUT2D eigenvalue weighted by Gasteiger charge is 2.29. The average molecular weight is 237 g/mol. The van der Waals surface area contributed by atoms with Gasteiger partial charge in [0.1, 0.15) is 5.60 Å². The largest absolute Gasteiger partial charge is 0.444 e. The number of carbonyl (C=O) groups is 1. The lowest BCUT2D eigenvalue weighted by Gasteiger charge is -2.33. The first-order chi connectivity index (χ1) is 7.81. The van der Waals surface area contributed by atoms with E-state index in [0.29, 0.717) is 11.8 Å². The number of nitrogens with one attached hydrogen (secondary N) is 1. The zero-order chi connectivity index (χ0) is 13.1. The second kappa shape index (κ2) is 5.44. The topological polar surface area (TPSA) is 38.3 Å². The molecule has 0 saturated heterocycles. The normalized spacial score (nSPS) is 29.2. The Morgan fingerprint density at radius 2 is 2.06 bits per heavy atom. The highest BCUT2D eigenvalue weighted by atomic mass is 16.6. The van der Waals surface area contributed by atoms with Gasteiger partial charge in [-0.3, -0.25) is 0 Å². The molecule has 0 spiro atoms. The summed E-state index contributed by atoms with van der Waals surface area (Å²) >= 11 is 0. The van der Waals surface area contributed by atoms with E-state index in [1.165, 1.54) is 0 Å². The lowest BCUT2D eigenvalue weighted by molar-refractivity contribution is 0.0467. The second-order valence-corrected chi connectivity index (χ2v) is 5.91. The SMILES string of the molecule is C#CC1CCC(NC(=O)OC(C)(C)C)C(C)C1. The molecule has 0 aromatic heterocycles. The molecule has 1 amide bonds. The molecule has 1 aliphatic rings. The number of ether oxygens (including phenoxy) is 1. The Kier molecular flexibility index (Phi) is 4.45. The first kappa shape index (κ1) is 13.9. The predicted molar refractivity (Wildman–Crippen MR) is 68.5 cm³/mol. The molecule has 0 aromatic rings. The van der Waals surface area contributed by atoms with Crippen molar-refractivity contribution in [2.24, 2.45) is 11.8 Å². The van der Waals surface area contributed by atoms with Crippen LogP contribution in [0.1, 0.15) is 47.0 Å². The van der Waals surface area contributed by atoms with Gasteiger partial charge in [-0.25, -0.2) is 4.79 Å². The Labute approximate surface area is 104 Å². The van der Waals surface area contributed by atoms with E-state index in [1.807, 2.05) is 20.8 Å². The molecule has 96 valence electrons. The molecule has 0 heterocycles. The van der Waals surface area contributed by atoms with Crippen LogP contribution in [0.15, 0.2) is 0 Å². The van der Waals surface area contributed by atoms with Crippen molar-refractivity contribution >= 4 is 6.09 Å². The summed E-state index contributed by atoms with van der Waals surface area (Å²) in [5.74, 6) is 3.58. The number of terminal acetylenes is 1. The van der Waals surface area contributed by atoms with Gasteiger partial charge in [-0.05, 0) is 46.0 Å². The van der Waals surface area contributed by atoms with Crippen molar-refractivity contribution < 1.29 is 9.53 Å². The Morgan fingerprint density at radius 3 is 2.53 bits per heavy atom. The molecule has 3 nitrogen and oxygen atoms in total. The van der Waals surface area contributed by atoms with Crippen LogP contribution in [0, 0.1) is 24.2 Å². The highest BCUT2D eigenvalue weighted by Crippen LogP contribution is 2.28. The van der Waals surface area contributed by atoms with E-state index in [4.69, 9.17) is 11.2 Å². The quantitative estimate of drug-likeness (QED) is 0.712. The van der Waals surface area contributed by atoms with Crippen LogP contribution in [0.4, 0.5) is 4.79 Å². The van der Waals surface area contributed by atoms with E-state index in [0.717, 1.165) is 19.3 Å². The van der Waals surface area contributed by atoms with Gasteiger partial charge in [0, 0.05) is 12.0 Å². The molecule has 3 atom stereocenters.